The van der Waals surface area contributed by atoms with Gasteiger partial charge in [-0.15, -0.1) is 0 Å². The molecule has 2 bridgehead atoms. The van der Waals surface area contributed by atoms with E-state index in [0.717, 1.165) is 31.0 Å². The number of carbonyl (C=O) groups excluding carboxylic acids is 1. The summed E-state index contributed by atoms with van der Waals surface area (Å²) in [4.78, 5) is 14.1. The van der Waals surface area contributed by atoms with Crippen molar-refractivity contribution in [1.82, 2.24) is 4.90 Å². The van der Waals surface area contributed by atoms with Gasteiger partial charge in [-0.1, -0.05) is 11.6 Å². The van der Waals surface area contributed by atoms with E-state index in [-0.39, 0.29) is 35.3 Å². The van der Waals surface area contributed by atoms with Crippen LogP contribution in [0.4, 0.5) is 23.7 Å². The molecule has 2 amide bonds. The lowest BCUT2D eigenvalue weighted by atomic mass is 9.74. The summed E-state index contributed by atoms with van der Waals surface area (Å²) in [5, 5.41) is 12.1. The van der Waals surface area contributed by atoms with Crippen LogP contribution in [0, 0.1) is 11.8 Å². The SMILES string of the molecule is O=C(Nc1cc(C(F)(F)F)ccc1Cl)N1C[C@@H]2[C@H](CO)[C@H]3CC[C@]2(C1)O3. The highest BCUT2D eigenvalue weighted by molar-refractivity contribution is 6.33. The van der Waals surface area contributed by atoms with Crippen molar-refractivity contribution in [3.63, 3.8) is 0 Å². The van der Waals surface area contributed by atoms with Crippen LogP contribution in [0.5, 0.6) is 0 Å². The van der Waals surface area contributed by atoms with Gasteiger partial charge < -0.3 is 20.1 Å². The predicted molar refractivity (Wildman–Crippen MR) is 87.9 cm³/mol. The van der Waals surface area contributed by atoms with Gasteiger partial charge in [0.1, 0.15) is 0 Å². The summed E-state index contributed by atoms with van der Waals surface area (Å²) in [6.07, 6.45) is -2.80. The lowest BCUT2D eigenvalue weighted by Gasteiger charge is -2.27. The minimum absolute atomic E-state index is 0.00121. The summed E-state index contributed by atoms with van der Waals surface area (Å²) >= 11 is 5.94. The number of hydrogen-bond donors (Lipinski definition) is 2. The number of likely N-dealkylation sites (tertiary alicyclic amines) is 1. The molecular weight excluding hydrogens is 373 g/mol. The first-order valence-electron chi connectivity index (χ1n) is 8.45. The van der Waals surface area contributed by atoms with Crippen LogP contribution >= 0.6 is 11.6 Å². The number of halogens is 4. The molecule has 142 valence electrons. The zero-order valence-electron chi connectivity index (χ0n) is 13.7. The number of benzene rings is 1. The molecule has 1 aromatic carbocycles. The van der Waals surface area contributed by atoms with Crippen molar-refractivity contribution in [2.24, 2.45) is 11.8 Å². The van der Waals surface area contributed by atoms with E-state index in [1.54, 1.807) is 0 Å². The highest BCUT2D eigenvalue weighted by Crippen LogP contribution is 2.54. The van der Waals surface area contributed by atoms with E-state index in [1.807, 2.05) is 0 Å². The van der Waals surface area contributed by atoms with Crippen LogP contribution < -0.4 is 5.32 Å². The van der Waals surface area contributed by atoms with Gasteiger partial charge in [0, 0.05) is 25.0 Å². The number of nitrogens with one attached hydrogen (secondary N) is 1. The molecule has 0 saturated carbocycles. The van der Waals surface area contributed by atoms with Gasteiger partial charge in [-0.2, -0.15) is 13.2 Å². The molecule has 4 atom stereocenters. The van der Waals surface area contributed by atoms with Gasteiger partial charge in [0.05, 0.1) is 34.5 Å². The minimum Gasteiger partial charge on any atom is -0.396 e. The van der Waals surface area contributed by atoms with Crippen molar-refractivity contribution in [3.8, 4) is 0 Å². The molecular formula is C17H18ClF3N2O3. The molecule has 0 radical (unpaired) electrons. The van der Waals surface area contributed by atoms with Crippen LogP contribution in [0.25, 0.3) is 0 Å². The molecule has 3 fully saturated rings. The van der Waals surface area contributed by atoms with Crippen molar-refractivity contribution in [1.29, 1.82) is 0 Å². The number of hydrogen-bond acceptors (Lipinski definition) is 3. The third kappa shape index (κ3) is 2.75. The van der Waals surface area contributed by atoms with Crippen LogP contribution in [0.2, 0.25) is 5.02 Å². The Morgan fingerprint density at radius 2 is 2.23 bits per heavy atom. The monoisotopic (exact) mass is 390 g/mol. The number of anilines is 1. The van der Waals surface area contributed by atoms with Crippen LogP contribution in [0.1, 0.15) is 18.4 Å². The molecule has 0 aromatic heterocycles. The second-order valence-electron chi connectivity index (χ2n) is 7.22. The quantitative estimate of drug-likeness (QED) is 0.814. The normalized spacial score (nSPS) is 32.8. The smallest absolute Gasteiger partial charge is 0.396 e. The van der Waals surface area contributed by atoms with Crippen LogP contribution in [0.15, 0.2) is 18.2 Å². The molecule has 0 unspecified atom stereocenters. The molecule has 3 aliphatic rings. The Morgan fingerprint density at radius 1 is 1.46 bits per heavy atom. The van der Waals surface area contributed by atoms with Gasteiger partial charge in [0.2, 0.25) is 0 Å². The van der Waals surface area contributed by atoms with Gasteiger partial charge in [-0.25, -0.2) is 4.79 Å². The second kappa shape index (κ2) is 6.00. The lowest BCUT2D eigenvalue weighted by molar-refractivity contribution is -0.137. The fourth-order valence-electron chi connectivity index (χ4n) is 4.58. The fraction of sp³-hybridized carbons (Fsp3) is 0.588. The van der Waals surface area contributed by atoms with Crippen LogP contribution in [-0.2, 0) is 10.9 Å². The lowest BCUT2D eigenvalue weighted by Crippen LogP contribution is -2.38. The maximum atomic E-state index is 12.9. The molecule has 3 aliphatic heterocycles. The van der Waals surface area contributed by atoms with E-state index in [0.29, 0.717) is 13.1 Å². The fourth-order valence-corrected chi connectivity index (χ4v) is 4.75. The number of ether oxygens (including phenoxy) is 1. The van der Waals surface area contributed by atoms with E-state index in [1.165, 1.54) is 4.90 Å². The Hall–Kier alpha value is -1.51. The largest absolute Gasteiger partial charge is 0.416 e. The van der Waals surface area contributed by atoms with Crippen molar-refractivity contribution in [2.75, 3.05) is 25.0 Å². The zero-order valence-corrected chi connectivity index (χ0v) is 14.5. The summed E-state index contributed by atoms with van der Waals surface area (Å²) in [7, 11) is 0. The number of urea groups is 1. The van der Waals surface area contributed by atoms with Crippen molar-refractivity contribution in [3.05, 3.63) is 28.8 Å². The molecule has 5 nitrogen and oxygen atoms in total. The number of rotatable bonds is 2. The molecule has 0 aliphatic carbocycles. The number of carbonyl (C=O) groups is 1. The first-order valence-corrected chi connectivity index (χ1v) is 8.83. The maximum absolute atomic E-state index is 12.9. The predicted octanol–water partition coefficient (Wildman–Crippen LogP) is 3.36. The minimum atomic E-state index is -4.52. The van der Waals surface area contributed by atoms with Gasteiger partial charge in [-0.3, -0.25) is 0 Å². The first-order chi connectivity index (χ1) is 12.2. The molecule has 3 saturated heterocycles. The van der Waals surface area contributed by atoms with Gasteiger partial charge in [0.15, 0.2) is 0 Å². The number of aliphatic hydroxyl groups excluding tert-OH is 1. The molecule has 9 heteroatoms. The summed E-state index contributed by atoms with van der Waals surface area (Å²) in [6, 6.07) is 2.30. The van der Waals surface area contributed by atoms with E-state index in [2.05, 4.69) is 5.32 Å². The number of aliphatic hydroxyl groups is 1. The Morgan fingerprint density at radius 3 is 2.92 bits per heavy atom. The standard InChI is InChI=1S/C17H18ClF3N2O3/c18-12-2-1-9(17(19,20)21)5-13(12)22-15(25)23-6-11-10(7-24)14-3-4-16(11,8-23)26-14/h1-2,5,10-11,14,24H,3-4,6-8H2,(H,22,25)/t10-,11+,14+,16+/m0/s1. The summed E-state index contributed by atoms with van der Waals surface area (Å²) < 4.78 is 44.7. The van der Waals surface area contributed by atoms with E-state index < -0.39 is 23.4 Å². The molecule has 4 rings (SSSR count). The van der Waals surface area contributed by atoms with Gasteiger partial charge in [-0.05, 0) is 31.0 Å². The number of amides is 2. The van der Waals surface area contributed by atoms with Crippen LogP contribution in [0.3, 0.4) is 0 Å². The third-order valence-corrected chi connectivity index (χ3v) is 6.15. The Balaban J connectivity index is 1.50. The van der Waals surface area contributed by atoms with E-state index in [4.69, 9.17) is 16.3 Å². The molecule has 26 heavy (non-hydrogen) atoms. The molecule has 1 spiro atoms. The van der Waals surface area contributed by atoms with Crippen molar-refractivity contribution in [2.45, 2.75) is 30.7 Å². The summed E-state index contributed by atoms with van der Waals surface area (Å²) in [6.45, 7) is 0.781. The Bertz CT molecular complexity index is 744. The third-order valence-electron chi connectivity index (χ3n) is 5.82. The topological polar surface area (TPSA) is 61.8 Å². The Kier molecular flexibility index (Phi) is 4.13. The summed E-state index contributed by atoms with van der Waals surface area (Å²) in [5.74, 6) is 0.0488. The van der Waals surface area contributed by atoms with Gasteiger partial charge >= 0.3 is 12.2 Å². The highest BCUT2D eigenvalue weighted by Gasteiger charge is 2.63. The van der Waals surface area contributed by atoms with E-state index >= 15 is 0 Å². The highest BCUT2D eigenvalue weighted by atomic mass is 35.5. The average Bonchev–Trinajstić information content (AvgIpc) is 3.23. The number of nitrogens with zero attached hydrogens (tertiary/aromatic N) is 1. The second-order valence-corrected chi connectivity index (χ2v) is 7.62. The van der Waals surface area contributed by atoms with Gasteiger partial charge in [0.25, 0.3) is 0 Å². The molecule has 1 aromatic rings. The summed E-state index contributed by atoms with van der Waals surface area (Å²) in [5.41, 5.74) is -1.39. The van der Waals surface area contributed by atoms with Crippen LogP contribution in [-0.4, -0.2) is 47.4 Å². The first kappa shape index (κ1) is 17.9. The van der Waals surface area contributed by atoms with Crippen molar-refractivity contribution >= 4 is 23.3 Å². The van der Waals surface area contributed by atoms with Crippen molar-refractivity contribution < 1.29 is 27.8 Å². The molecule has 3 heterocycles. The van der Waals surface area contributed by atoms with E-state index in [9.17, 15) is 23.1 Å². The number of alkyl halides is 3. The zero-order chi connectivity index (χ0) is 18.7. The maximum Gasteiger partial charge on any atom is 0.416 e. The number of fused-ring (bicyclic) bond motifs is 1. The Labute approximate surface area is 153 Å². The average molecular weight is 391 g/mol. The molecule has 2 N–H and O–H groups in total.